The first kappa shape index (κ1) is 12.1. The van der Waals surface area contributed by atoms with Crippen LogP contribution in [0, 0.1) is 12.7 Å². The Morgan fingerprint density at radius 2 is 1.89 bits per heavy atom. The van der Waals surface area contributed by atoms with Gasteiger partial charge in [-0.3, -0.25) is 4.79 Å². The van der Waals surface area contributed by atoms with E-state index in [-0.39, 0.29) is 11.6 Å². The van der Waals surface area contributed by atoms with Gasteiger partial charge in [-0.2, -0.15) is 0 Å². The van der Waals surface area contributed by atoms with Gasteiger partial charge >= 0.3 is 0 Å². The van der Waals surface area contributed by atoms with E-state index in [9.17, 15) is 9.18 Å². The molecule has 1 nitrogen and oxygen atoms in total. The van der Waals surface area contributed by atoms with E-state index in [0.29, 0.717) is 10.4 Å². The van der Waals surface area contributed by atoms with Crippen molar-refractivity contribution < 1.29 is 9.18 Å². The first-order valence-corrected chi connectivity index (χ1v) is 6.76. The average molecular weight is 270 g/mol. The summed E-state index contributed by atoms with van der Waals surface area (Å²) in [5, 5.41) is 0.780. The predicted molar refractivity (Wildman–Crippen MR) is 76.4 cm³/mol. The molecule has 0 N–H and O–H groups in total. The molecule has 94 valence electrons. The summed E-state index contributed by atoms with van der Waals surface area (Å²) in [5.41, 5.74) is 1.66. The van der Waals surface area contributed by atoms with Crippen molar-refractivity contribution in [3.8, 4) is 0 Å². The van der Waals surface area contributed by atoms with E-state index in [1.807, 2.05) is 31.2 Å². The van der Waals surface area contributed by atoms with E-state index in [1.54, 1.807) is 12.1 Å². The second kappa shape index (κ2) is 4.59. The maximum atomic E-state index is 13.2. The molecule has 1 heterocycles. The lowest BCUT2D eigenvalue weighted by molar-refractivity contribution is 0.104. The molecule has 0 bridgehead atoms. The zero-order chi connectivity index (χ0) is 13.4. The van der Waals surface area contributed by atoms with Crippen molar-refractivity contribution in [1.29, 1.82) is 0 Å². The topological polar surface area (TPSA) is 17.1 Å². The van der Waals surface area contributed by atoms with Gasteiger partial charge in [-0.05, 0) is 42.1 Å². The van der Waals surface area contributed by atoms with Crippen LogP contribution in [0.5, 0.6) is 0 Å². The summed E-state index contributed by atoms with van der Waals surface area (Å²) in [5.74, 6) is -0.278. The fourth-order valence-corrected chi connectivity index (χ4v) is 3.08. The van der Waals surface area contributed by atoms with Crippen LogP contribution in [0.2, 0.25) is 0 Å². The van der Waals surface area contributed by atoms with Gasteiger partial charge in [-0.25, -0.2) is 4.39 Å². The minimum Gasteiger partial charge on any atom is -0.288 e. The molecule has 0 aliphatic heterocycles. The van der Waals surface area contributed by atoms with Crippen LogP contribution < -0.4 is 0 Å². The highest BCUT2D eigenvalue weighted by Crippen LogP contribution is 2.28. The predicted octanol–water partition coefficient (Wildman–Crippen LogP) is 4.58. The third-order valence-electron chi connectivity index (χ3n) is 3.09. The highest BCUT2D eigenvalue weighted by atomic mass is 32.1. The van der Waals surface area contributed by atoms with Crippen LogP contribution >= 0.6 is 11.3 Å². The van der Waals surface area contributed by atoms with Crippen molar-refractivity contribution >= 4 is 27.2 Å². The number of benzene rings is 2. The van der Waals surface area contributed by atoms with Gasteiger partial charge in [0, 0.05) is 10.3 Å². The number of hydrogen-bond donors (Lipinski definition) is 0. The van der Waals surface area contributed by atoms with Crippen molar-refractivity contribution in [2.45, 2.75) is 6.92 Å². The third kappa shape index (κ3) is 2.17. The van der Waals surface area contributed by atoms with Crippen LogP contribution in [-0.4, -0.2) is 5.78 Å². The summed E-state index contributed by atoms with van der Waals surface area (Å²) in [6, 6.07) is 13.9. The van der Waals surface area contributed by atoms with Crippen LogP contribution in [0.15, 0.2) is 48.5 Å². The first-order chi connectivity index (χ1) is 9.15. The molecule has 1 aromatic heterocycles. The first-order valence-electron chi connectivity index (χ1n) is 5.94. The standard InChI is InChI=1S/C16H11FOS/c1-10-4-2-3-5-13(10)16(18)15-9-11-8-12(17)6-7-14(11)19-15/h2-9H,1H3. The number of fused-ring (bicyclic) bond motifs is 1. The Hall–Kier alpha value is -2.00. The highest BCUT2D eigenvalue weighted by Gasteiger charge is 2.14. The van der Waals surface area contributed by atoms with Gasteiger partial charge in [-0.1, -0.05) is 24.3 Å². The van der Waals surface area contributed by atoms with Crippen LogP contribution in [0.25, 0.3) is 10.1 Å². The van der Waals surface area contributed by atoms with Crippen molar-refractivity contribution in [2.24, 2.45) is 0 Å². The molecule has 3 aromatic rings. The fraction of sp³-hybridized carbons (Fsp3) is 0.0625. The minimum absolute atomic E-state index is 0.000270. The van der Waals surface area contributed by atoms with Crippen LogP contribution in [0.4, 0.5) is 4.39 Å². The Labute approximate surface area is 114 Å². The normalized spacial score (nSPS) is 10.8. The molecule has 0 saturated carbocycles. The molecular formula is C16H11FOS. The molecule has 3 rings (SSSR count). The zero-order valence-electron chi connectivity index (χ0n) is 10.3. The van der Waals surface area contributed by atoms with Gasteiger partial charge in [0.25, 0.3) is 0 Å². The van der Waals surface area contributed by atoms with Crippen LogP contribution in [-0.2, 0) is 0 Å². The molecular weight excluding hydrogens is 259 g/mol. The smallest absolute Gasteiger partial charge is 0.203 e. The molecule has 0 saturated heterocycles. The molecule has 0 spiro atoms. The number of halogens is 1. The Bertz CT molecular complexity index is 773. The second-order valence-electron chi connectivity index (χ2n) is 4.44. The lowest BCUT2D eigenvalue weighted by Gasteiger charge is -2.01. The van der Waals surface area contributed by atoms with E-state index in [4.69, 9.17) is 0 Å². The lowest BCUT2D eigenvalue weighted by Crippen LogP contribution is -2.00. The maximum Gasteiger partial charge on any atom is 0.203 e. The number of ketones is 1. The number of hydrogen-bond acceptors (Lipinski definition) is 2. The fourth-order valence-electron chi connectivity index (χ4n) is 2.09. The van der Waals surface area contributed by atoms with Gasteiger partial charge in [-0.15, -0.1) is 11.3 Å². The molecule has 0 radical (unpaired) electrons. The Kier molecular flexibility index (Phi) is 2.91. The largest absolute Gasteiger partial charge is 0.288 e. The van der Waals surface area contributed by atoms with Crippen molar-refractivity contribution in [3.05, 3.63) is 70.4 Å². The number of thiophene rings is 1. The van der Waals surface area contributed by atoms with Crippen molar-refractivity contribution in [2.75, 3.05) is 0 Å². The van der Waals surface area contributed by atoms with E-state index < -0.39 is 0 Å². The Morgan fingerprint density at radius 1 is 1.11 bits per heavy atom. The summed E-state index contributed by atoms with van der Waals surface area (Å²) in [6.07, 6.45) is 0. The molecule has 0 aliphatic rings. The molecule has 0 unspecified atom stereocenters. The number of carbonyl (C=O) groups is 1. The lowest BCUT2D eigenvalue weighted by atomic mass is 10.0. The van der Waals surface area contributed by atoms with E-state index in [1.165, 1.54) is 23.5 Å². The van der Waals surface area contributed by atoms with Gasteiger partial charge in [0.15, 0.2) is 0 Å². The van der Waals surface area contributed by atoms with E-state index >= 15 is 0 Å². The van der Waals surface area contributed by atoms with Crippen molar-refractivity contribution in [3.63, 3.8) is 0 Å². The molecule has 3 heteroatoms. The molecule has 0 fully saturated rings. The summed E-state index contributed by atoms with van der Waals surface area (Å²) in [6.45, 7) is 1.92. The van der Waals surface area contributed by atoms with E-state index in [2.05, 4.69) is 0 Å². The van der Waals surface area contributed by atoms with Crippen molar-refractivity contribution in [1.82, 2.24) is 0 Å². The third-order valence-corrected chi connectivity index (χ3v) is 4.21. The van der Waals surface area contributed by atoms with E-state index in [0.717, 1.165) is 15.6 Å². The van der Waals surface area contributed by atoms with Gasteiger partial charge in [0.2, 0.25) is 5.78 Å². The van der Waals surface area contributed by atoms with Gasteiger partial charge in [0.1, 0.15) is 5.82 Å². The molecule has 0 atom stereocenters. The zero-order valence-corrected chi connectivity index (χ0v) is 11.1. The summed E-state index contributed by atoms with van der Waals surface area (Å²) >= 11 is 1.40. The van der Waals surface area contributed by atoms with Crippen LogP contribution in [0.1, 0.15) is 20.8 Å². The quantitative estimate of drug-likeness (QED) is 0.623. The molecule has 0 amide bonds. The number of rotatable bonds is 2. The molecule has 19 heavy (non-hydrogen) atoms. The average Bonchev–Trinajstić information content (AvgIpc) is 2.81. The highest BCUT2D eigenvalue weighted by molar-refractivity contribution is 7.21. The SMILES string of the molecule is Cc1ccccc1C(=O)c1cc2cc(F)ccc2s1. The van der Waals surface area contributed by atoms with Gasteiger partial charge in [0.05, 0.1) is 4.88 Å². The maximum absolute atomic E-state index is 13.2. The minimum atomic E-state index is -0.278. The Balaban J connectivity index is 2.09. The number of carbonyl (C=O) groups excluding carboxylic acids is 1. The van der Waals surface area contributed by atoms with Crippen LogP contribution in [0.3, 0.4) is 0 Å². The number of aryl methyl sites for hydroxylation is 1. The summed E-state index contributed by atoms with van der Waals surface area (Å²) in [7, 11) is 0. The van der Waals surface area contributed by atoms with Gasteiger partial charge < -0.3 is 0 Å². The summed E-state index contributed by atoms with van der Waals surface area (Å²) in [4.78, 5) is 13.1. The molecule has 2 aromatic carbocycles. The Morgan fingerprint density at radius 3 is 2.68 bits per heavy atom. The molecule has 0 aliphatic carbocycles. The monoisotopic (exact) mass is 270 g/mol. The summed E-state index contributed by atoms with van der Waals surface area (Å²) < 4.78 is 14.1. The second-order valence-corrected chi connectivity index (χ2v) is 5.52.